The number of carbonyl (C=O) groups is 1. The highest BCUT2D eigenvalue weighted by Gasteiger charge is 2.11. The second-order valence-electron chi connectivity index (χ2n) is 4.90. The number of hydrogen-bond donors (Lipinski definition) is 2. The van der Waals surface area contributed by atoms with Gasteiger partial charge in [0.2, 0.25) is 0 Å². The fourth-order valence-electron chi connectivity index (χ4n) is 2.10. The maximum atomic E-state index is 11.3. The third-order valence-corrected chi connectivity index (χ3v) is 2.98. The van der Waals surface area contributed by atoms with Gasteiger partial charge in [-0.05, 0) is 31.7 Å². The van der Waals surface area contributed by atoms with Gasteiger partial charge < -0.3 is 4.42 Å². The molecule has 1 heterocycles. The van der Waals surface area contributed by atoms with E-state index in [-0.39, 0.29) is 5.76 Å². The van der Waals surface area contributed by atoms with Gasteiger partial charge in [0, 0.05) is 6.54 Å². The minimum atomic E-state index is -0.419. The molecule has 0 unspecified atom stereocenters. The number of benzene rings is 1. The van der Waals surface area contributed by atoms with Crippen LogP contribution < -0.4 is 11.3 Å². The van der Waals surface area contributed by atoms with Crippen molar-refractivity contribution in [2.45, 2.75) is 20.0 Å². The number of nitrogens with zero attached hydrogens (tertiary/aromatic N) is 1. The molecule has 0 saturated carbocycles. The molecule has 0 aliphatic rings. The quantitative estimate of drug-likeness (QED) is 0.495. The minimum Gasteiger partial charge on any atom is -0.455 e. The minimum absolute atomic E-state index is 0.228. The fraction of sp³-hybridized carbons (Fsp3) is 0.267. The van der Waals surface area contributed by atoms with Crippen molar-refractivity contribution in [3.05, 3.63) is 59.0 Å². The lowest BCUT2D eigenvalue weighted by molar-refractivity contribution is 0.0922. The first-order valence-electron chi connectivity index (χ1n) is 6.42. The van der Waals surface area contributed by atoms with Crippen molar-refractivity contribution in [1.82, 2.24) is 10.3 Å². The molecule has 20 heavy (non-hydrogen) atoms. The maximum Gasteiger partial charge on any atom is 0.300 e. The van der Waals surface area contributed by atoms with E-state index in [1.54, 1.807) is 12.1 Å². The van der Waals surface area contributed by atoms with Crippen molar-refractivity contribution < 1.29 is 9.21 Å². The number of carbonyl (C=O) groups excluding carboxylic acids is 1. The second-order valence-corrected chi connectivity index (χ2v) is 4.90. The van der Waals surface area contributed by atoms with E-state index in [0.29, 0.717) is 6.54 Å². The lowest BCUT2D eigenvalue weighted by atomic mass is 10.1. The Balaban J connectivity index is 1.96. The van der Waals surface area contributed by atoms with Gasteiger partial charge in [0.1, 0.15) is 5.76 Å². The average Bonchev–Trinajstić information content (AvgIpc) is 2.86. The van der Waals surface area contributed by atoms with E-state index in [1.165, 1.54) is 11.1 Å². The lowest BCUT2D eigenvalue weighted by Gasteiger charge is -2.15. The summed E-state index contributed by atoms with van der Waals surface area (Å²) < 4.78 is 5.43. The van der Waals surface area contributed by atoms with Gasteiger partial charge >= 0.3 is 5.91 Å². The molecule has 5 nitrogen and oxygen atoms in total. The molecule has 5 heteroatoms. The zero-order chi connectivity index (χ0) is 14.5. The molecule has 0 fully saturated rings. The summed E-state index contributed by atoms with van der Waals surface area (Å²) in [5, 5.41) is 0. The topological polar surface area (TPSA) is 71.5 Å². The molecule has 0 bridgehead atoms. The van der Waals surface area contributed by atoms with E-state index in [0.717, 1.165) is 12.3 Å². The molecule has 0 spiro atoms. The highest BCUT2D eigenvalue weighted by atomic mass is 16.4. The summed E-state index contributed by atoms with van der Waals surface area (Å²) in [6.07, 6.45) is 0. The number of furan rings is 1. The molecule has 0 saturated heterocycles. The summed E-state index contributed by atoms with van der Waals surface area (Å²) in [7, 11) is 2.01. The smallest absolute Gasteiger partial charge is 0.300 e. The van der Waals surface area contributed by atoms with Gasteiger partial charge in [-0.2, -0.15) is 0 Å². The van der Waals surface area contributed by atoms with E-state index in [9.17, 15) is 4.79 Å². The van der Waals surface area contributed by atoms with Crippen LogP contribution in [0.4, 0.5) is 0 Å². The number of nitrogens with two attached hydrogens (primary N) is 1. The Kier molecular flexibility index (Phi) is 4.55. The van der Waals surface area contributed by atoms with Gasteiger partial charge in [-0.15, -0.1) is 0 Å². The molecule has 1 aromatic heterocycles. The molecular weight excluding hydrogens is 254 g/mol. The fourth-order valence-corrected chi connectivity index (χ4v) is 2.10. The molecule has 3 N–H and O–H groups in total. The first-order chi connectivity index (χ1) is 9.58. The molecule has 0 atom stereocenters. The van der Waals surface area contributed by atoms with Gasteiger partial charge in [-0.3, -0.25) is 15.1 Å². The molecule has 1 aromatic carbocycles. The van der Waals surface area contributed by atoms with E-state index >= 15 is 0 Å². The third kappa shape index (κ3) is 3.69. The van der Waals surface area contributed by atoms with Crippen molar-refractivity contribution >= 4 is 5.91 Å². The van der Waals surface area contributed by atoms with E-state index < -0.39 is 5.91 Å². The average molecular weight is 273 g/mol. The van der Waals surface area contributed by atoms with Crippen LogP contribution in [0.3, 0.4) is 0 Å². The molecule has 0 radical (unpaired) electrons. The van der Waals surface area contributed by atoms with E-state index in [4.69, 9.17) is 10.3 Å². The normalized spacial score (nSPS) is 10.8. The third-order valence-electron chi connectivity index (χ3n) is 2.98. The van der Waals surface area contributed by atoms with Crippen LogP contribution in [0.15, 0.2) is 40.8 Å². The first kappa shape index (κ1) is 14.3. The Morgan fingerprint density at radius 3 is 2.80 bits per heavy atom. The molecular formula is C15H19N3O2. The van der Waals surface area contributed by atoms with Crippen LogP contribution >= 0.6 is 0 Å². The molecule has 2 rings (SSSR count). The van der Waals surface area contributed by atoms with Gasteiger partial charge in [0.15, 0.2) is 5.76 Å². The summed E-state index contributed by atoms with van der Waals surface area (Å²) in [5.74, 6) is 5.61. The number of nitrogens with one attached hydrogen (secondary N) is 1. The van der Waals surface area contributed by atoms with Gasteiger partial charge in [0.05, 0.1) is 6.54 Å². The van der Waals surface area contributed by atoms with Gasteiger partial charge in [-0.1, -0.05) is 29.8 Å². The zero-order valence-electron chi connectivity index (χ0n) is 11.7. The second kappa shape index (κ2) is 6.36. The van der Waals surface area contributed by atoms with Gasteiger partial charge in [0.25, 0.3) is 0 Å². The van der Waals surface area contributed by atoms with Crippen LogP contribution in [0.5, 0.6) is 0 Å². The Bertz CT molecular complexity index is 592. The molecule has 0 aliphatic carbocycles. The van der Waals surface area contributed by atoms with Crippen LogP contribution in [0, 0.1) is 6.92 Å². The largest absolute Gasteiger partial charge is 0.455 e. The Hall–Kier alpha value is -2.11. The standard InChI is InChI=1S/C15H19N3O2/c1-11-4-3-5-12(8-11)9-18(2)10-13-6-7-14(20-13)15(19)17-16/h3-8H,9-10,16H2,1-2H3,(H,17,19). The predicted molar refractivity (Wildman–Crippen MR) is 76.7 cm³/mol. The van der Waals surface area contributed by atoms with Crippen LogP contribution in [0.1, 0.15) is 27.4 Å². The monoisotopic (exact) mass is 273 g/mol. The van der Waals surface area contributed by atoms with Crippen molar-refractivity contribution in [2.75, 3.05) is 7.05 Å². The summed E-state index contributed by atoms with van der Waals surface area (Å²) in [5.41, 5.74) is 4.54. The molecule has 2 aromatic rings. The number of rotatable bonds is 5. The highest BCUT2D eigenvalue weighted by molar-refractivity contribution is 5.90. The number of amides is 1. The van der Waals surface area contributed by atoms with Crippen LogP contribution in [0.2, 0.25) is 0 Å². The van der Waals surface area contributed by atoms with Crippen molar-refractivity contribution in [3.63, 3.8) is 0 Å². The molecule has 106 valence electrons. The van der Waals surface area contributed by atoms with E-state index in [2.05, 4.69) is 36.1 Å². The maximum absolute atomic E-state index is 11.3. The number of nitrogen functional groups attached to an aromatic ring is 1. The number of hydrazine groups is 1. The van der Waals surface area contributed by atoms with Crippen LogP contribution in [-0.4, -0.2) is 17.9 Å². The Morgan fingerprint density at radius 1 is 1.30 bits per heavy atom. The summed E-state index contributed by atoms with van der Waals surface area (Å²) in [4.78, 5) is 13.4. The van der Waals surface area contributed by atoms with Crippen LogP contribution in [-0.2, 0) is 13.1 Å². The first-order valence-corrected chi connectivity index (χ1v) is 6.42. The zero-order valence-corrected chi connectivity index (χ0v) is 11.7. The lowest BCUT2D eigenvalue weighted by Crippen LogP contribution is -2.29. The predicted octanol–water partition coefficient (Wildman–Crippen LogP) is 1.82. The highest BCUT2D eigenvalue weighted by Crippen LogP contribution is 2.12. The Labute approximate surface area is 118 Å². The molecule has 0 aliphatic heterocycles. The van der Waals surface area contributed by atoms with Crippen LogP contribution in [0.25, 0.3) is 0 Å². The number of aryl methyl sites for hydroxylation is 1. The number of hydrogen-bond acceptors (Lipinski definition) is 4. The summed E-state index contributed by atoms with van der Waals surface area (Å²) >= 11 is 0. The van der Waals surface area contributed by atoms with E-state index in [1.807, 2.05) is 12.5 Å². The molecule has 1 amide bonds. The van der Waals surface area contributed by atoms with Gasteiger partial charge in [-0.25, -0.2) is 5.84 Å². The van der Waals surface area contributed by atoms with Crippen molar-refractivity contribution in [2.24, 2.45) is 5.84 Å². The summed E-state index contributed by atoms with van der Waals surface area (Å²) in [6.45, 7) is 3.53. The Morgan fingerprint density at radius 2 is 2.10 bits per heavy atom. The van der Waals surface area contributed by atoms with Crippen molar-refractivity contribution in [1.29, 1.82) is 0 Å². The summed E-state index contributed by atoms with van der Waals surface area (Å²) in [6, 6.07) is 11.8. The SMILES string of the molecule is Cc1cccc(CN(C)Cc2ccc(C(=O)NN)o2)c1. The van der Waals surface area contributed by atoms with Crippen molar-refractivity contribution in [3.8, 4) is 0 Å².